The summed E-state index contributed by atoms with van der Waals surface area (Å²) in [6.45, 7) is -0.255. The van der Waals surface area contributed by atoms with Gasteiger partial charge >= 0.3 is 12.1 Å². The van der Waals surface area contributed by atoms with Crippen LogP contribution in [0.2, 0.25) is 0 Å². The molecule has 2 atom stereocenters. The number of hydrogen-bond donors (Lipinski definition) is 3. The molecule has 0 radical (unpaired) electrons. The number of rotatable bonds is 9. The van der Waals surface area contributed by atoms with Crippen LogP contribution in [-0.4, -0.2) is 39.9 Å². The van der Waals surface area contributed by atoms with Crippen molar-refractivity contribution in [3.8, 4) is 34.0 Å². The zero-order chi connectivity index (χ0) is 28.2. The number of halogens is 4. The van der Waals surface area contributed by atoms with E-state index in [4.69, 9.17) is 26.0 Å². The van der Waals surface area contributed by atoms with Crippen molar-refractivity contribution in [1.29, 1.82) is 0 Å². The maximum Gasteiger partial charge on any atom is 0.429 e. The van der Waals surface area contributed by atoms with Crippen LogP contribution in [-0.2, 0) is 4.79 Å². The maximum atomic E-state index is 14.0. The Balaban J connectivity index is 1.55. The van der Waals surface area contributed by atoms with Crippen LogP contribution in [0.15, 0.2) is 78.9 Å². The fourth-order valence-electron chi connectivity index (χ4n) is 3.59. The number of benzene rings is 3. The van der Waals surface area contributed by atoms with Gasteiger partial charge in [-0.2, -0.15) is 18.2 Å². The SMILES string of the molecule is Nc1nc(OC(c2ccc(-c3cccc(F)c3)cc2)C(F)(F)F)cc(-c2ccc(OCC(N)C(=O)O)cc2)n1. The molecule has 1 aromatic heterocycles. The van der Waals surface area contributed by atoms with Crippen LogP contribution >= 0.6 is 0 Å². The van der Waals surface area contributed by atoms with E-state index in [1.165, 1.54) is 60.7 Å². The number of aromatic nitrogens is 2. The standard InChI is InChI=1S/C27H22F4N4O4/c28-19-3-1-2-18(12-19)15-4-6-17(7-5-15)24(27(29,30)31)39-23-13-22(34-26(33)35-23)16-8-10-20(11-9-16)38-14-21(32)25(36)37/h1-13,21,24H,14,32H2,(H,36,37)(H2,33,34,35). The lowest BCUT2D eigenvalue weighted by Gasteiger charge is -2.22. The molecule has 4 aromatic rings. The molecule has 0 aliphatic carbocycles. The second-order valence-electron chi connectivity index (χ2n) is 8.40. The molecule has 0 fully saturated rings. The minimum Gasteiger partial charge on any atom is -0.491 e. The van der Waals surface area contributed by atoms with Gasteiger partial charge in [0.25, 0.3) is 0 Å². The number of anilines is 1. The Morgan fingerprint density at radius 3 is 2.21 bits per heavy atom. The topological polar surface area (TPSA) is 134 Å². The number of alkyl halides is 3. The predicted molar refractivity (Wildman–Crippen MR) is 134 cm³/mol. The van der Waals surface area contributed by atoms with Crippen molar-refractivity contribution in [3.05, 3.63) is 90.2 Å². The van der Waals surface area contributed by atoms with Crippen molar-refractivity contribution in [1.82, 2.24) is 9.97 Å². The molecule has 8 nitrogen and oxygen atoms in total. The maximum absolute atomic E-state index is 14.0. The molecule has 0 amide bonds. The Kier molecular flexibility index (Phi) is 7.96. The molecule has 2 unspecified atom stereocenters. The van der Waals surface area contributed by atoms with E-state index in [1.54, 1.807) is 18.2 Å². The quantitative estimate of drug-likeness (QED) is 0.252. The van der Waals surface area contributed by atoms with Gasteiger partial charge in [0.15, 0.2) is 0 Å². The van der Waals surface area contributed by atoms with E-state index < -0.39 is 36.0 Å². The van der Waals surface area contributed by atoms with Gasteiger partial charge in [-0.1, -0.05) is 36.4 Å². The highest BCUT2D eigenvalue weighted by Gasteiger charge is 2.43. The van der Waals surface area contributed by atoms with Gasteiger partial charge in [-0.15, -0.1) is 0 Å². The third-order valence-corrected chi connectivity index (χ3v) is 5.52. The summed E-state index contributed by atoms with van der Waals surface area (Å²) in [5, 5.41) is 8.83. The lowest BCUT2D eigenvalue weighted by Crippen LogP contribution is -2.36. The number of carbonyl (C=O) groups is 1. The summed E-state index contributed by atoms with van der Waals surface area (Å²) >= 11 is 0. The van der Waals surface area contributed by atoms with E-state index in [1.807, 2.05) is 0 Å². The largest absolute Gasteiger partial charge is 0.491 e. The van der Waals surface area contributed by atoms with Crippen LogP contribution in [0.5, 0.6) is 11.6 Å². The van der Waals surface area contributed by atoms with Gasteiger partial charge in [-0.25, -0.2) is 9.37 Å². The van der Waals surface area contributed by atoms with E-state index in [0.29, 0.717) is 22.4 Å². The van der Waals surface area contributed by atoms with Gasteiger partial charge in [-0.3, -0.25) is 4.79 Å². The Bertz CT molecular complexity index is 1450. The first-order chi connectivity index (χ1) is 18.5. The van der Waals surface area contributed by atoms with Crippen LogP contribution in [0, 0.1) is 5.82 Å². The zero-order valence-corrected chi connectivity index (χ0v) is 20.1. The van der Waals surface area contributed by atoms with E-state index in [-0.39, 0.29) is 23.8 Å². The Morgan fingerprint density at radius 2 is 1.59 bits per heavy atom. The fourth-order valence-corrected chi connectivity index (χ4v) is 3.59. The summed E-state index contributed by atoms with van der Waals surface area (Å²) < 4.78 is 66.1. The van der Waals surface area contributed by atoms with Crippen molar-refractivity contribution >= 4 is 11.9 Å². The van der Waals surface area contributed by atoms with Crippen molar-refractivity contribution in [3.63, 3.8) is 0 Å². The van der Waals surface area contributed by atoms with E-state index >= 15 is 0 Å². The van der Waals surface area contributed by atoms with E-state index in [9.17, 15) is 22.4 Å². The third kappa shape index (κ3) is 6.99. The smallest absolute Gasteiger partial charge is 0.429 e. The molecule has 0 aliphatic heterocycles. The number of aliphatic carboxylic acids is 1. The molecule has 0 saturated carbocycles. The molecular formula is C27H22F4N4O4. The zero-order valence-electron chi connectivity index (χ0n) is 20.1. The lowest BCUT2D eigenvalue weighted by atomic mass is 10.0. The molecule has 0 aliphatic rings. The van der Waals surface area contributed by atoms with E-state index in [0.717, 1.165) is 0 Å². The van der Waals surface area contributed by atoms with Crippen LogP contribution < -0.4 is 20.9 Å². The average Bonchev–Trinajstić information content (AvgIpc) is 2.90. The summed E-state index contributed by atoms with van der Waals surface area (Å²) in [6, 6.07) is 17.2. The highest BCUT2D eigenvalue weighted by molar-refractivity contribution is 5.73. The molecule has 0 saturated heterocycles. The van der Waals surface area contributed by atoms with Gasteiger partial charge in [0.2, 0.25) is 17.9 Å². The number of nitrogens with zero attached hydrogens (tertiary/aromatic N) is 2. The van der Waals surface area contributed by atoms with Gasteiger partial charge < -0.3 is 26.0 Å². The summed E-state index contributed by atoms with van der Waals surface area (Å²) in [5.41, 5.74) is 12.7. The summed E-state index contributed by atoms with van der Waals surface area (Å²) in [4.78, 5) is 18.7. The lowest BCUT2D eigenvalue weighted by molar-refractivity contribution is -0.198. The Morgan fingerprint density at radius 1 is 0.923 bits per heavy atom. The van der Waals surface area contributed by atoms with Crippen LogP contribution in [0.25, 0.3) is 22.4 Å². The summed E-state index contributed by atoms with van der Waals surface area (Å²) in [7, 11) is 0. The normalized spacial score (nSPS) is 12.9. The van der Waals surface area contributed by atoms with Crippen LogP contribution in [0.3, 0.4) is 0 Å². The molecule has 3 aromatic carbocycles. The first-order valence-electron chi connectivity index (χ1n) is 11.4. The number of nitrogen functional groups attached to an aromatic ring is 1. The highest BCUT2D eigenvalue weighted by Crippen LogP contribution is 2.38. The van der Waals surface area contributed by atoms with Crippen molar-refractivity contribution in [2.75, 3.05) is 12.3 Å². The number of nitrogens with two attached hydrogens (primary N) is 2. The molecule has 0 spiro atoms. The summed E-state index contributed by atoms with van der Waals surface area (Å²) in [5.74, 6) is -2.06. The second kappa shape index (κ2) is 11.4. The number of hydrogen-bond acceptors (Lipinski definition) is 7. The van der Waals surface area contributed by atoms with E-state index in [2.05, 4.69) is 9.97 Å². The van der Waals surface area contributed by atoms with Crippen LogP contribution in [0.1, 0.15) is 11.7 Å². The fraction of sp³-hybridized carbons (Fsp3) is 0.148. The van der Waals surface area contributed by atoms with Gasteiger partial charge in [0.1, 0.15) is 24.2 Å². The molecule has 0 bridgehead atoms. The minimum absolute atomic E-state index is 0.189. The summed E-state index contributed by atoms with van der Waals surface area (Å²) in [6.07, 6.45) is -7.16. The second-order valence-corrected chi connectivity index (χ2v) is 8.40. The van der Waals surface area contributed by atoms with Crippen LogP contribution in [0.4, 0.5) is 23.5 Å². The number of carboxylic acid groups (broad SMARTS) is 1. The monoisotopic (exact) mass is 542 g/mol. The molecule has 5 N–H and O–H groups in total. The molecule has 39 heavy (non-hydrogen) atoms. The predicted octanol–water partition coefficient (Wildman–Crippen LogP) is 5.01. The van der Waals surface area contributed by atoms with Crippen molar-refractivity contribution < 1.29 is 36.9 Å². The molecule has 1 heterocycles. The Hall–Kier alpha value is -4.71. The first kappa shape index (κ1) is 27.3. The number of ether oxygens (including phenoxy) is 2. The first-order valence-corrected chi connectivity index (χ1v) is 11.4. The van der Waals surface area contributed by atoms with Crippen molar-refractivity contribution in [2.45, 2.75) is 18.3 Å². The molecular weight excluding hydrogens is 520 g/mol. The molecule has 12 heteroatoms. The van der Waals surface area contributed by atoms with Gasteiger partial charge in [-0.05, 0) is 47.5 Å². The molecule has 202 valence electrons. The number of carboxylic acids is 1. The van der Waals surface area contributed by atoms with Crippen molar-refractivity contribution in [2.24, 2.45) is 5.73 Å². The average molecular weight is 542 g/mol. The minimum atomic E-state index is -4.80. The van der Waals surface area contributed by atoms with Gasteiger partial charge in [0, 0.05) is 17.2 Å². The molecule has 4 rings (SSSR count). The highest BCUT2D eigenvalue weighted by atomic mass is 19.4. The third-order valence-electron chi connectivity index (χ3n) is 5.52. The van der Waals surface area contributed by atoms with Gasteiger partial charge in [0.05, 0.1) is 5.69 Å². The Labute approximate surface area is 219 Å².